The van der Waals surface area contributed by atoms with Crippen LogP contribution in [0.5, 0.6) is 0 Å². The highest BCUT2D eigenvalue weighted by atomic mass is 35.5. The van der Waals surface area contributed by atoms with Crippen LogP contribution in [0.25, 0.3) is 10.6 Å². The highest BCUT2D eigenvalue weighted by molar-refractivity contribution is 7.13. The van der Waals surface area contributed by atoms with Gasteiger partial charge in [-0.1, -0.05) is 12.1 Å². The molecule has 1 amide bonds. The summed E-state index contributed by atoms with van der Waals surface area (Å²) in [5.41, 5.74) is 1.47. The lowest BCUT2D eigenvalue weighted by atomic mass is 10.0. The predicted molar refractivity (Wildman–Crippen MR) is 95.1 cm³/mol. The SMILES string of the molecule is Cl.Cl.O=C(Cc1csc(-c2cccc(F)c2)n1)NCC1CNC1. The Morgan fingerprint density at radius 2 is 2.17 bits per heavy atom. The molecule has 3 rings (SSSR count). The Morgan fingerprint density at radius 3 is 2.83 bits per heavy atom. The summed E-state index contributed by atoms with van der Waals surface area (Å²) in [6, 6.07) is 6.33. The van der Waals surface area contributed by atoms with Crippen LogP contribution in [0.1, 0.15) is 5.69 Å². The van der Waals surface area contributed by atoms with E-state index in [1.54, 1.807) is 6.07 Å². The highest BCUT2D eigenvalue weighted by Crippen LogP contribution is 2.24. The van der Waals surface area contributed by atoms with Crippen molar-refractivity contribution in [2.24, 2.45) is 5.92 Å². The average molecular weight is 378 g/mol. The van der Waals surface area contributed by atoms with Crippen molar-refractivity contribution in [3.05, 3.63) is 41.2 Å². The van der Waals surface area contributed by atoms with Crippen LogP contribution in [-0.4, -0.2) is 30.5 Å². The molecule has 1 aromatic carbocycles. The standard InChI is InChI=1S/C15H16FN3OS.2ClH/c16-12-3-1-2-11(4-12)15-19-13(9-21-15)5-14(20)18-8-10-6-17-7-10;;/h1-4,9-10,17H,5-8H2,(H,18,20);2*1H. The second kappa shape index (κ2) is 9.17. The van der Waals surface area contributed by atoms with E-state index in [0.717, 1.165) is 29.4 Å². The maximum absolute atomic E-state index is 13.2. The fourth-order valence-electron chi connectivity index (χ4n) is 2.12. The van der Waals surface area contributed by atoms with Gasteiger partial charge in [0, 0.05) is 36.5 Å². The molecule has 0 unspecified atom stereocenters. The molecular weight excluding hydrogens is 360 g/mol. The lowest BCUT2D eigenvalue weighted by molar-refractivity contribution is -0.120. The first kappa shape index (κ1) is 19.8. The van der Waals surface area contributed by atoms with E-state index in [-0.39, 0.29) is 43.0 Å². The molecule has 126 valence electrons. The Hall–Kier alpha value is -1.21. The Bertz CT molecular complexity index is 649. The third kappa shape index (κ3) is 5.42. The van der Waals surface area contributed by atoms with Crippen molar-refractivity contribution in [3.8, 4) is 10.6 Å². The third-order valence-electron chi connectivity index (χ3n) is 3.42. The minimum Gasteiger partial charge on any atom is -0.355 e. The number of benzene rings is 1. The number of carbonyl (C=O) groups excluding carboxylic acids is 1. The fourth-order valence-corrected chi connectivity index (χ4v) is 2.94. The summed E-state index contributed by atoms with van der Waals surface area (Å²) in [7, 11) is 0. The van der Waals surface area contributed by atoms with Crippen molar-refractivity contribution in [3.63, 3.8) is 0 Å². The van der Waals surface area contributed by atoms with Crippen molar-refractivity contribution >= 4 is 42.1 Å². The van der Waals surface area contributed by atoms with Gasteiger partial charge in [0.2, 0.25) is 5.91 Å². The summed E-state index contributed by atoms with van der Waals surface area (Å²) in [5, 5.41) is 8.67. The van der Waals surface area contributed by atoms with E-state index in [4.69, 9.17) is 0 Å². The number of amides is 1. The zero-order chi connectivity index (χ0) is 14.7. The second-order valence-electron chi connectivity index (χ2n) is 5.16. The summed E-state index contributed by atoms with van der Waals surface area (Å²) >= 11 is 1.43. The van der Waals surface area contributed by atoms with Gasteiger partial charge in [0.1, 0.15) is 10.8 Å². The van der Waals surface area contributed by atoms with Crippen LogP contribution in [0.15, 0.2) is 29.6 Å². The van der Waals surface area contributed by atoms with Crippen molar-refractivity contribution < 1.29 is 9.18 Å². The van der Waals surface area contributed by atoms with Crippen molar-refractivity contribution in [2.45, 2.75) is 6.42 Å². The van der Waals surface area contributed by atoms with Gasteiger partial charge < -0.3 is 10.6 Å². The lowest BCUT2D eigenvalue weighted by Crippen LogP contribution is -2.48. The van der Waals surface area contributed by atoms with E-state index in [2.05, 4.69) is 15.6 Å². The van der Waals surface area contributed by atoms with Gasteiger partial charge in [-0.05, 0) is 12.1 Å². The van der Waals surface area contributed by atoms with Gasteiger partial charge in [-0.15, -0.1) is 36.2 Å². The van der Waals surface area contributed by atoms with Crippen molar-refractivity contribution in [2.75, 3.05) is 19.6 Å². The van der Waals surface area contributed by atoms with Crippen LogP contribution < -0.4 is 10.6 Å². The second-order valence-corrected chi connectivity index (χ2v) is 6.02. The first-order valence-corrected chi connectivity index (χ1v) is 7.76. The normalized spacial score (nSPS) is 13.4. The van der Waals surface area contributed by atoms with E-state index in [0.29, 0.717) is 12.5 Å². The van der Waals surface area contributed by atoms with E-state index in [1.165, 1.54) is 23.5 Å². The van der Waals surface area contributed by atoms with E-state index < -0.39 is 0 Å². The van der Waals surface area contributed by atoms with Crippen LogP contribution in [0.3, 0.4) is 0 Å². The molecule has 1 saturated heterocycles. The van der Waals surface area contributed by atoms with E-state index >= 15 is 0 Å². The number of nitrogens with zero attached hydrogens (tertiary/aromatic N) is 1. The molecule has 4 nitrogen and oxygen atoms in total. The molecule has 2 aromatic rings. The quantitative estimate of drug-likeness (QED) is 0.841. The van der Waals surface area contributed by atoms with Gasteiger partial charge >= 0.3 is 0 Å². The molecule has 0 atom stereocenters. The Labute approximate surface area is 150 Å². The molecule has 1 aliphatic rings. The molecule has 23 heavy (non-hydrogen) atoms. The maximum atomic E-state index is 13.2. The monoisotopic (exact) mass is 377 g/mol. The molecule has 0 aliphatic carbocycles. The molecule has 0 bridgehead atoms. The number of aromatic nitrogens is 1. The molecule has 2 heterocycles. The fraction of sp³-hybridized carbons (Fsp3) is 0.333. The van der Waals surface area contributed by atoms with Crippen LogP contribution in [0, 0.1) is 11.7 Å². The van der Waals surface area contributed by atoms with Crippen molar-refractivity contribution in [1.29, 1.82) is 0 Å². The first-order chi connectivity index (χ1) is 10.2. The molecule has 1 aromatic heterocycles. The molecule has 1 aliphatic heterocycles. The molecule has 8 heteroatoms. The number of halogens is 3. The van der Waals surface area contributed by atoms with Crippen LogP contribution in [-0.2, 0) is 11.2 Å². The molecule has 0 radical (unpaired) electrons. The molecule has 0 spiro atoms. The summed E-state index contributed by atoms with van der Waals surface area (Å²) in [4.78, 5) is 16.2. The van der Waals surface area contributed by atoms with Gasteiger partial charge in [0.15, 0.2) is 0 Å². The highest BCUT2D eigenvalue weighted by Gasteiger charge is 2.17. The number of nitrogens with one attached hydrogen (secondary N) is 2. The smallest absolute Gasteiger partial charge is 0.226 e. The first-order valence-electron chi connectivity index (χ1n) is 6.88. The van der Waals surface area contributed by atoms with Crippen molar-refractivity contribution in [1.82, 2.24) is 15.6 Å². The van der Waals surface area contributed by atoms with Gasteiger partial charge in [0.05, 0.1) is 12.1 Å². The number of hydrogen-bond acceptors (Lipinski definition) is 4. The van der Waals surface area contributed by atoms with E-state index in [1.807, 2.05) is 11.4 Å². The summed E-state index contributed by atoms with van der Waals surface area (Å²) < 4.78 is 13.2. The molecule has 0 saturated carbocycles. The Morgan fingerprint density at radius 1 is 1.39 bits per heavy atom. The minimum atomic E-state index is -0.281. The maximum Gasteiger partial charge on any atom is 0.226 e. The zero-order valence-corrected chi connectivity index (χ0v) is 14.7. The van der Waals surface area contributed by atoms with Gasteiger partial charge in [-0.25, -0.2) is 9.37 Å². The topological polar surface area (TPSA) is 54.0 Å². The van der Waals surface area contributed by atoms with E-state index in [9.17, 15) is 9.18 Å². The van der Waals surface area contributed by atoms with Gasteiger partial charge in [-0.3, -0.25) is 4.79 Å². The van der Waals surface area contributed by atoms with Gasteiger partial charge in [0.25, 0.3) is 0 Å². The van der Waals surface area contributed by atoms with Crippen LogP contribution in [0.2, 0.25) is 0 Å². The largest absolute Gasteiger partial charge is 0.355 e. The van der Waals surface area contributed by atoms with Crippen LogP contribution >= 0.6 is 36.2 Å². The summed E-state index contributed by atoms with van der Waals surface area (Å²) in [5.74, 6) is 0.251. The number of hydrogen-bond donors (Lipinski definition) is 2. The zero-order valence-electron chi connectivity index (χ0n) is 12.3. The molecular formula is C15H18Cl2FN3OS. The van der Waals surface area contributed by atoms with Gasteiger partial charge in [-0.2, -0.15) is 0 Å². The molecule has 2 N–H and O–H groups in total. The summed E-state index contributed by atoms with van der Waals surface area (Å²) in [6.07, 6.45) is 0.270. The lowest BCUT2D eigenvalue weighted by Gasteiger charge is -2.26. The predicted octanol–water partition coefficient (Wildman–Crippen LogP) is 2.67. The summed E-state index contributed by atoms with van der Waals surface area (Å²) in [6.45, 7) is 2.66. The number of thiazole rings is 1. The number of carbonyl (C=O) groups is 1. The minimum absolute atomic E-state index is 0. The Kier molecular flexibility index (Phi) is 7.91. The third-order valence-corrected chi connectivity index (χ3v) is 4.36. The van der Waals surface area contributed by atoms with Crippen LogP contribution in [0.4, 0.5) is 4.39 Å². The number of rotatable bonds is 5. The average Bonchev–Trinajstić information content (AvgIpc) is 2.85. The molecule has 1 fully saturated rings. The Balaban J connectivity index is 0.00000132.